The molecule has 2 aromatic carbocycles. The molecule has 0 aliphatic rings. The van der Waals surface area contributed by atoms with Crippen LogP contribution in [0.25, 0.3) is 0 Å². The second kappa shape index (κ2) is 6.13. The van der Waals surface area contributed by atoms with Gasteiger partial charge in [0.1, 0.15) is 17.1 Å². The van der Waals surface area contributed by atoms with Crippen LogP contribution in [0.1, 0.15) is 5.56 Å². The molecule has 6 heteroatoms. The Bertz CT molecular complexity index is 671. The van der Waals surface area contributed by atoms with Crippen LogP contribution in [0.15, 0.2) is 36.4 Å². The quantitative estimate of drug-likeness (QED) is 0.647. The Labute approximate surface area is 122 Å². The molecule has 0 bridgehead atoms. The van der Waals surface area contributed by atoms with Gasteiger partial charge in [0.15, 0.2) is 0 Å². The molecule has 110 valence electrons. The largest absolute Gasteiger partial charge is 0.497 e. The molecule has 0 aliphatic carbocycles. The Morgan fingerprint density at radius 3 is 2.43 bits per heavy atom. The molecule has 0 saturated carbocycles. The summed E-state index contributed by atoms with van der Waals surface area (Å²) in [4.78, 5) is 10.9. The van der Waals surface area contributed by atoms with Gasteiger partial charge in [-0.15, -0.1) is 0 Å². The van der Waals surface area contributed by atoms with Crippen molar-refractivity contribution in [2.75, 3.05) is 24.8 Å². The zero-order chi connectivity index (χ0) is 15.4. The second-order valence-corrected chi connectivity index (χ2v) is 4.51. The minimum atomic E-state index is -0.396. The number of ether oxygens (including phenoxy) is 1. The fourth-order valence-electron chi connectivity index (χ4n) is 2.09. The summed E-state index contributed by atoms with van der Waals surface area (Å²) >= 11 is 0. The van der Waals surface area contributed by atoms with Crippen molar-refractivity contribution < 1.29 is 9.66 Å². The molecule has 0 unspecified atom stereocenters. The van der Waals surface area contributed by atoms with Crippen LogP contribution < -0.4 is 15.4 Å². The van der Waals surface area contributed by atoms with Crippen LogP contribution in [0.3, 0.4) is 0 Å². The fourth-order valence-corrected chi connectivity index (χ4v) is 2.09. The first-order chi connectivity index (χ1) is 10.1. The normalized spacial score (nSPS) is 10.0. The topological polar surface area (TPSA) is 76.4 Å². The molecule has 21 heavy (non-hydrogen) atoms. The Hall–Kier alpha value is -2.76. The highest BCUT2D eigenvalue weighted by atomic mass is 16.6. The van der Waals surface area contributed by atoms with Gasteiger partial charge in [0.25, 0.3) is 0 Å². The lowest BCUT2D eigenvalue weighted by Crippen LogP contribution is -2.02. The average molecular weight is 287 g/mol. The van der Waals surface area contributed by atoms with Gasteiger partial charge in [0.05, 0.1) is 12.0 Å². The van der Waals surface area contributed by atoms with E-state index >= 15 is 0 Å². The van der Waals surface area contributed by atoms with E-state index < -0.39 is 4.92 Å². The lowest BCUT2D eigenvalue weighted by atomic mass is 10.1. The van der Waals surface area contributed by atoms with E-state index in [1.165, 1.54) is 0 Å². The number of para-hydroxylation sites is 1. The van der Waals surface area contributed by atoms with Crippen molar-refractivity contribution in [1.29, 1.82) is 0 Å². The van der Waals surface area contributed by atoms with E-state index in [2.05, 4.69) is 10.6 Å². The number of benzene rings is 2. The Morgan fingerprint density at radius 2 is 1.86 bits per heavy atom. The number of aryl methyl sites for hydroxylation is 1. The van der Waals surface area contributed by atoms with Crippen LogP contribution in [0.5, 0.6) is 5.75 Å². The lowest BCUT2D eigenvalue weighted by Gasteiger charge is -2.12. The van der Waals surface area contributed by atoms with E-state index in [4.69, 9.17) is 4.74 Å². The number of hydrogen-bond donors (Lipinski definition) is 2. The summed E-state index contributed by atoms with van der Waals surface area (Å²) in [6.45, 7) is 1.92. The monoisotopic (exact) mass is 287 g/mol. The third kappa shape index (κ3) is 3.05. The van der Waals surface area contributed by atoms with Gasteiger partial charge in [-0.1, -0.05) is 6.07 Å². The van der Waals surface area contributed by atoms with Crippen LogP contribution >= 0.6 is 0 Å². The molecule has 2 aromatic rings. The number of hydrogen-bond acceptors (Lipinski definition) is 5. The molecule has 0 fully saturated rings. The first kappa shape index (κ1) is 14.6. The third-order valence-electron chi connectivity index (χ3n) is 3.19. The van der Waals surface area contributed by atoms with Crippen LogP contribution in [0.2, 0.25) is 0 Å². The molecular weight excluding hydrogens is 270 g/mol. The summed E-state index contributed by atoms with van der Waals surface area (Å²) in [7, 11) is 3.26. The highest BCUT2D eigenvalue weighted by Gasteiger charge is 2.19. The van der Waals surface area contributed by atoms with Crippen molar-refractivity contribution in [2.45, 2.75) is 6.92 Å². The second-order valence-electron chi connectivity index (χ2n) is 4.51. The van der Waals surface area contributed by atoms with E-state index in [1.807, 2.05) is 25.1 Å². The van der Waals surface area contributed by atoms with E-state index in [9.17, 15) is 10.1 Å². The van der Waals surface area contributed by atoms with Gasteiger partial charge in [-0.05, 0) is 42.8 Å². The molecule has 0 radical (unpaired) electrons. The van der Waals surface area contributed by atoms with Crippen molar-refractivity contribution in [3.63, 3.8) is 0 Å². The first-order valence-electron chi connectivity index (χ1n) is 6.43. The molecule has 2 N–H and O–H groups in total. The van der Waals surface area contributed by atoms with Gasteiger partial charge in [-0.3, -0.25) is 10.1 Å². The summed E-state index contributed by atoms with van der Waals surface area (Å²) in [5, 5.41) is 17.2. The molecule has 0 aromatic heterocycles. The number of nitro groups is 1. The van der Waals surface area contributed by atoms with Gasteiger partial charge in [-0.2, -0.15) is 0 Å². The van der Waals surface area contributed by atoms with E-state index in [-0.39, 0.29) is 5.69 Å². The lowest BCUT2D eigenvalue weighted by molar-refractivity contribution is -0.383. The minimum Gasteiger partial charge on any atom is -0.497 e. The van der Waals surface area contributed by atoms with Gasteiger partial charge in [0.2, 0.25) is 0 Å². The number of nitrogens with one attached hydrogen (secondary N) is 2. The summed E-state index contributed by atoms with van der Waals surface area (Å²) in [6.07, 6.45) is 0. The fraction of sp³-hybridized carbons (Fsp3) is 0.200. The predicted octanol–water partition coefficient (Wildman–Crippen LogP) is 3.70. The molecule has 0 saturated heterocycles. The van der Waals surface area contributed by atoms with Crippen molar-refractivity contribution in [3.8, 4) is 5.75 Å². The molecule has 2 rings (SSSR count). The van der Waals surface area contributed by atoms with E-state index in [0.717, 1.165) is 17.0 Å². The van der Waals surface area contributed by atoms with Gasteiger partial charge >= 0.3 is 5.69 Å². The van der Waals surface area contributed by atoms with E-state index in [0.29, 0.717) is 11.4 Å². The van der Waals surface area contributed by atoms with Crippen LogP contribution in [-0.2, 0) is 0 Å². The van der Waals surface area contributed by atoms with E-state index in [1.54, 1.807) is 32.4 Å². The van der Waals surface area contributed by atoms with Crippen molar-refractivity contribution in [2.24, 2.45) is 0 Å². The number of anilines is 3. The highest BCUT2D eigenvalue weighted by molar-refractivity contribution is 5.80. The third-order valence-corrected chi connectivity index (χ3v) is 3.19. The smallest absolute Gasteiger partial charge is 0.315 e. The molecule has 0 atom stereocenters. The Kier molecular flexibility index (Phi) is 4.27. The zero-order valence-corrected chi connectivity index (χ0v) is 12.1. The maximum absolute atomic E-state index is 11.3. The van der Waals surface area contributed by atoms with Crippen LogP contribution in [-0.4, -0.2) is 19.1 Å². The van der Waals surface area contributed by atoms with Crippen LogP contribution in [0, 0.1) is 17.0 Å². The van der Waals surface area contributed by atoms with Crippen molar-refractivity contribution in [1.82, 2.24) is 0 Å². The van der Waals surface area contributed by atoms with Crippen molar-refractivity contribution >= 4 is 22.7 Å². The molecular formula is C15H17N3O3. The minimum absolute atomic E-state index is 0.0234. The Balaban J connectivity index is 2.42. The highest BCUT2D eigenvalue weighted by Crippen LogP contribution is 2.35. The SMILES string of the molecule is CNc1cccc(Nc2ccc(OC)cc2C)c1[N+](=O)[O-]. The number of nitrogens with zero attached hydrogens (tertiary/aromatic N) is 1. The standard InChI is InChI=1S/C15H17N3O3/c1-10-9-11(21-3)7-8-12(10)17-14-6-4-5-13(16-2)15(14)18(19)20/h4-9,16-17H,1-3H3. The molecule has 0 aliphatic heterocycles. The summed E-state index contributed by atoms with van der Waals surface area (Å²) in [5.41, 5.74) is 2.68. The van der Waals surface area contributed by atoms with Crippen molar-refractivity contribution in [3.05, 3.63) is 52.1 Å². The molecule has 6 nitrogen and oxygen atoms in total. The average Bonchev–Trinajstić information content (AvgIpc) is 2.48. The first-order valence-corrected chi connectivity index (χ1v) is 6.43. The molecule has 0 heterocycles. The number of methoxy groups -OCH3 is 1. The zero-order valence-electron chi connectivity index (χ0n) is 12.1. The summed E-state index contributed by atoms with van der Waals surface area (Å²) in [5.74, 6) is 0.747. The maximum Gasteiger partial charge on any atom is 0.315 e. The Morgan fingerprint density at radius 1 is 1.14 bits per heavy atom. The van der Waals surface area contributed by atoms with Gasteiger partial charge < -0.3 is 15.4 Å². The summed E-state index contributed by atoms with van der Waals surface area (Å²) < 4.78 is 5.15. The van der Waals surface area contributed by atoms with Gasteiger partial charge in [0, 0.05) is 12.7 Å². The maximum atomic E-state index is 11.3. The van der Waals surface area contributed by atoms with Crippen LogP contribution in [0.4, 0.5) is 22.7 Å². The predicted molar refractivity (Wildman–Crippen MR) is 83.7 cm³/mol. The summed E-state index contributed by atoms with van der Waals surface area (Å²) in [6, 6.07) is 10.6. The molecule has 0 spiro atoms. The number of nitro benzene ring substituents is 1. The van der Waals surface area contributed by atoms with Gasteiger partial charge in [-0.25, -0.2) is 0 Å². The molecule has 0 amide bonds. The number of rotatable bonds is 5.